The second kappa shape index (κ2) is 4.83. The fourth-order valence-electron chi connectivity index (χ4n) is 2.62. The molecule has 0 amide bonds. The molecule has 92 valence electrons. The minimum atomic E-state index is 0.714. The average molecular weight is 238 g/mol. The van der Waals surface area contributed by atoms with Gasteiger partial charge < -0.3 is 10.6 Å². The summed E-state index contributed by atoms with van der Waals surface area (Å²) in [5.74, 6) is 0. The SMILES string of the molecule is NCCc1ccc(N2CCc3ccccc32)cc1. The molecule has 1 aliphatic heterocycles. The van der Waals surface area contributed by atoms with Crippen molar-refractivity contribution in [2.75, 3.05) is 18.0 Å². The van der Waals surface area contributed by atoms with Gasteiger partial charge in [0.1, 0.15) is 0 Å². The van der Waals surface area contributed by atoms with Gasteiger partial charge in [-0.1, -0.05) is 30.3 Å². The number of nitrogens with two attached hydrogens (primary N) is 1. The summed E-state index contributed by atoms with van der Waals surface area (Å²) in [6.07, 6.45) is 2.09. The number of para-hydroxylation sites is 1. The zero-order chi connectivity index (χ0) is 12.4. The Morgan fingerprint density at radius 3 is 2.56 bits per heavy atom. The molecule has 2 nitrogen and oxygen atoms in total. The summed E-state index contributed by atoms with van der Waals surface area (Å²) in [5.41, 5.74) is 11.0. The molecule has 0 aliphatic carbocycles. The molecule has 1 heterocycles. The molecule has 2 aromatic rings. The van der Waals surface area contributed by atoms with Crippen molar-refractivity contribution in [2.24, 2.45) is 5.73 Å². The fourth-order valence-corrected chi connectivity index (χ4v) is 2.62. The van der Waals surface area contributed by atoms with Gasteiger partial charge in [0.05, 0.1) is 0 Å². The number of benzene rings is 2. The Morgan fingerprint density at radius 1 is 1.00 bits per heavy atom. The predicted octanol–water partition coefficient (Wildman–Crippen LogP) is 2.88. The molecule has 3 rings (SSSR count). The maximum Gasteiger partial charge on any atom is 0.0444 e. The third-order valence-electron chi connectivity index (χ3n) is 3.57. The van der Waals surface area contributed by atoms with E-state index in [0.29, 0.717) is 6.54 Å². The van der Waals surface area contributed by atoms with E-state index in [-0.39, 0.29) is 0 Å². The van der Waals surface area contributed by atoms with Crippen molar-refractivity contribution in [1.29, 1.82) is 0 Å². The molecule has 0 fully saturated rings. The van der Waals surface area contributed by atoms with E-state index in [0.717, 1.165) is 19.4 Å². The monoisotopic (exact) mass is 238 g/mol. The minimum absolute atomic E-state index is 0.714. The van der Waals surface area contributed by atoms with E-state index in [2.05, 4.69) is 53.4 Å². The van der Waals surface area contributed by atoms with Crippen molar-refractivity contribution in [1.82, 2.24) is 0 Å². The van der Waals surface area contributed by atoms with E-state index < -0.39 is 0 Å². The normalized spacial score (nSPS) is 13.7. The maximum absolute atomic E-state index is 5.57. The molecule has 0 atom stereocenters. The summed E-state index contributed by atoms with van der Waals surface area (Å²) in [6.45, 7) is 1.79. The minimum Gasteiger partial charge on any atom is -0.341 e. The van der Waals surface area contributed by atoms with E-state index in [1.165, 1.54) is 22.5 Å². The van der Waals surface area contributed by atoms with Gasteiger partial charge >= 0.3 is 0 Å². The van der Waals surface area contributed by atoms with Gasteiger partial charge in [0.25, 0.3) is 0 Å². The number of anilines is 2. The number of rotatable bonds is 3. The smallest absolute Gasteiger partial charge is 0.0444 e. The Bertz CT molecular complexity index is 531. The van der Waals surface area contributed by atoms with Crippen LogP contribution in [0.2, 0.25) is 0 Å². The van der Waals surface area contributed by atoms with Crippen LogP contribution < -0.4 is 10.6 Å². The van der Waals surface area contributed by atoms with Gasteiger partial charge in [-0.05, 0) is 48.7 Å². The van der Waals surface area contributed by atoms with Crippen LogP contribution in [0.3, 0.4) is 0 Å². The summed E-state index contributed by atoms with van der Waals surface area (Å²) in [4.78, 5) is 2.39. The lowest BCUT2D eigenvalue weighted by Crippen LogP contribution is -2.13. The molecule has 2 heteroatoms. The third kappa shape index (κ3) is 2.00. The summed E-state index contributed by atoms with van der Waals surface area (Å²) < 4.78 is 0. The summed E-state index contributed by atoms with van der Waals surface area (Å²) >= 11 is 0. The highest BCUT2D eigenvalue weighted by Crippen LogP contribution is 2.34. The highest BCUT2D eigenvalue weighted by molar-refractivity contribution is 5.69. The molecule has 0 aromatic heterocycles. The lowest BCUT2D eigenvalue weighted by atomic mass is 10.1. The first-order valence-electron chi connectivity index (χ1n) is 6.53. The highest BCUT2D eigenvalue weighted by Gasteiger charge is 2.19. The van der Waals surface area contributed by atoms with Crippen LogP contribution in [0.25, 0.3) is 0 Å². The molecule has 0 spiro atoms. The largest absolute Gasteiger partial charge is 0.341 e. The van der Waals surface area contributed by atoms with Gasteiger partial charge in [-0.25, -0.2) is 0 Å². The van der Waals surface area contributed by atoms with Crippen LogP contribution >= 0.6 is 0 Å². The summed E-state index contributed by atoms with van der Waals surface area (Å²) in [6, 6.07) is 17.4. The first kappa shape index (κ1) is 11.3. The van der Waals surface area contributed by atoms with Gasteiger partial charge in [0, 0.05) is 17.9 Å². The molecule has 2 N–H and O–H groups in total. The van der Waals surface area contributed by atoms with Gasteiger partial charge in [-0.15, -0.1) is 0 Å². The van der Waals surface area contributed by atoms with Crippen molar-refractivity contribution in [3.05, 3.63) is 59.7 Å². The zero-order valence-electron chi connectivity index (χ0n) is 10.5. The standard InChI is InChI=1S/C16H18N2/c17-11-9-13-5-7-15(8-6-13)18-12-10-14-3-1-2-4-16(14)18/h1-8H,9-12,17H2. The molecule has 18 heavy (non-hydrogen) atoms. The molecule has 0 saturated carbocycles. The van der Waals surface area contributed by atoms with Gasteiger partial charge in [0.15, 0.2) is 0 Å². The van der Waals surface area contributed by atoms with Gasteiger partial charge in [-0.3, -0.25) is 0 Å². The van der Waals surface area contributed by atoms with Crippen LogP contribution in [-0.2, 0) is 12.8 Å². The topological polar surface area (TPSA) is 29.3 Å². The van der Waals surface area contributed by atoms with Crippen molar-refractivity contribution < 1.29 is 0 Å². The number of fused-ring (bicyclic) bond motifs is 1. The van der Waals surface area contributed by atoms with Crippen LogP contribution in [0.15, 0.2) is 48.5 Å². The van der Waals surface area contributed by atoms with E-state index in [4.69, 9.17) is 5.73 Å². The quantitative estimate of drug-likeness (QED) is 0.891. The molecule has 2 aromatic carbocycles. The molecule has 0 radical (unpaired) electrons. The lowest BCUT2D eigenvalue weighted by molar-refractivity contribution is 0.964. The Kier molecular flexibility index (Phi) is 3.03. The second-order valence-corrected chi connectivity index (χ2v) is 4.74. The number of hydrogen-bond donors (Lipinski definition) is 1. The van der Waals surface area contributed by atoms with E-state index in [1.807, 2.05) is 0 Å². The summed E-state index contributed by atoms with van der Waals surface area (Å²) in [5, 5.41) is 0. The average Bonchev–Trinajstić information content (AvgIpc) is 2.84. The van der Waals surface area contributed by atoms with Crippen molar-refractivity contribution in [3.63, 3.8) is 0 Å². The highest BCUT2D eigenvalue weighted by atomic mass is 15.2. The molecule has 1 aliphatic rings. The Morgan fingerprint density at radius 2 is 1.78 bits per heavy atom. The van der Waals surface area contributed by atoms with Crippen molar-refractivity contribution in [2.45, 2.75) is 12.8 Å². The van der Waals surface area contributed by atoms with Crippen LogP contribution in [-0.4, -0.2) is 13.1 Å². The van der Waals surface area contributed by atoms with Crippen LogP contribution in [0.5, 0.6) is 0 Å². The fraction of sp³-hybridized carbons (Fsp3) is 0.250. The molecule has 0 bridgehead atoms. The van der Waals surface area contributed by atoms with Gasteiger partial charge in [-0.2, -0.15) is 0 Å². The van der Waals surface area contributed by atoms with Crippen molar-refractivity contribution in [3.8, 4) is 0 Å². The predicted molar refractivity (Wildman–Crippen MR) is 76.4 cm³/mol. The van der Waals surface area contributed by atoms with E-state index in [1.54, 1.807) is 0 Å². The van der Waals surface area contributed by atoms with Crippen molar-refractivity contribution >= 4 is 11.4 Å². The molecule has 0 saturated heterocycles. The molecular weight excluding hydrogens is 220 g/mol. The number of hydrogen-bond acceptors (Lipinski definition) is 2. The third-order valence-corrected chi connectivity index (χ3v) is 3.57. The van der Waals surface area contributed by atoms with E-state index >= 15 is 0 Å². The van der Waals surface area contributed by atoms with Crippen LogP contribution in [0, 0.1) is 0 Å². The lowest BCUT2D eigenvalue weighted by Gasteiger charge is -2.19. The Hall–Kier alpha value is -1.80. The van der Waals surface area contributed by atoms with Crippen LogP contribution in [0.4, 0.5) is 11.4 Å². The zero-order valence-corrected chi connectivity index (χ0v) is 10.5. The molecule has 0 unspecified atom stereocenters. The Labute approximate surface area is 108 Å². The molecular formula is C16H18N2. The first-order valence-corrected chi connectivity index (χ1v) is 6.53. The number of nitrogens with zero attached hydrogens (tertiary/aromatic N) is 1. The van der Waals surface area contributed by atoms with Gasteiger partial charge in [0.2, 0.25) is 0 Å². The summed E-state index contributed by atoms with van der Waals surface area (Å²) in [7, 11) is 0. The van der Waals surface area contributed by atoms with E-state index in [9.17, 15) is 0 Å². The van der Waals surface area contributed by atoms with Crippen LogP contribution in [0.1, 0.15) is 11.1 Å². The Balaban J connectivity index is 1.88. The maximum atomic E-state index is 5.57. The first-order chi connectivity index (χ1) is 8.88. The second-order valence-electron chi connectivity index (χ2n) is 4.74.